The Morgan fingerprint density at radius 3 is 2.70 bits per heavy atom. The van der Waals surface area contributed by atoms with Gasteiger partial charge in [0, 0.05) is 5.56 Å². The van der Waals surface area contributed by atoms with E-state index in [-0.39, 0.29) is 27.7 Å². The highest BCUT2D eigenvalue weighted by molar-refractivity contribution is 7.84. The first-order chi connectivity index (χ1) is 9.51. The Hall–Kier alpha value is -2.46. The average Bonchev–Trinajstić information content (AvgIpc) is 2.91. The summed E-state index contributed by atoms with van der Waals surface area (Å²) in [6.45, 7) is 0. The van der Waals surface area contributed by atoms with E-state index in [1.807, 2.05) is 0 Å². The molecule has 0 saturated heterocycles. The van der Waals surface area contributed by atoms with Crippen molar-refractivity contribution in [3.8, 4) is 6.07 Å². The molecule has 0 aliphatic carbocycles. The van der Waals surface area contributed by atoms with E-state index in [4.69, 9.17) is 14.8 Å². The number of nitriles is 1. The van der Waals surface area contributed by atoms with Crippen molar-refractivity contribution in [2.24, 2.45) is 0 Å². The van der Waals surface area contributed by atoms with E-state index in [0.29, 0.717) is 0 Å². The zero-order valence-corrected chi connectivity index (χ0v) is 10.8. The number of rotatable bonds is 4. The Bertz CT molecular complexity index is 732. The van der Waals surface area contributed by atoms with Crippen LogP contribution in [0.25, 0.3) is 0 Å². The van der Waals surface area contributed by atoms with E-state index < -0.39 is 22.6 Å². The second-order valence-corrected chi connectivity index (χ2v) is 5.21. The van der Waals surface area contributed by atoms with Crippen molar-refractivity contribution < 1.29 is 22.9 Å². The summed E-state index contributed by atoms with van der Waals surface area (Å²) in [5.74, 6) is -2.39. The maximum Gasteiger partial charge on any atom is 0.371 e. The number of hydrogen-bond acceptors (Lipinski definition) is 4. The normalized spacial score (nSPS) is 11.8. The summed E-state index contributed by atoms with van der Waals surface area (Å²) >= 11 is 0. The molecule has 5 nitrogen and oxygen atoms in total. The summed E-state index contributed by atoms with van der Waals surface area (Å²) in [6.07, 6.45) is 0. The van der Waals surface area contributed by atoms with Crippen molar-refractivity contribution in [3.63, 3.8) is 0 Å². The van der Waals surface area contributed by atoms with Crippen molar-refractivity contribution in [2.75, 3.05) is 0 Å². The molecule has 0 amide bonds. The maximum absolute atomic E-state index is 13.6. The number of carboxylic acids is 1. The van der Waals surface area contributed by atoms with E-state index in [9.17, 15) is 13.4 Å². The summed E-state index contributed by atoms with van der Waals surface area (Å²) in [4.78, 5) is 10.6. The highest BCUT2D eigenvalue weighted by Crippen LogP contribution is 2.18. The fraction of sp³-hybridized carbons (Fsp3) is 0.0769. The minimum atomic E-state index is -1.70. The SMILES string of the molecule is N#Cc1ccc(CS(=O)c2ccc(C(=O)O)o2)c(F)c1. The standard InChI is InChI=1S/C13H8FNO4S/c14-10-5-8(6-15)1-2-9(10)7-20(18)12-4-3-11(19-12)13(16)17/h1-5H,7H2,(H,16,17). The van der Waals surface area contributed by atoms with Crippen molar-refractivity contribution in [1.82, 2.24) is 0 Å². The summed E-state index contributed by atoms with van der Waals surface area (Å²) < 4.78 is 30.5. The van der Waals surface area contributed by atoms with Crippen LogP contribution < -0.4 is 0 Å². The molecule has 0 bridgehead atoms. The largest absolute Gasteiger partial charge is 0.475 e. The first-order valence-corrected chi connectivity index (χ1v) is 6.73. The molecule has 0 spiro atoms. The molecular weight excluding hydrogens is 285 g/mol. The highest BCUT2D eigenvalue weighted by Gasteiger charge is 2.15. The van der Waals surface area contributed by atoms with Gasteiger partial charge in [-0.2, -0.15) is 5.26 Å². The van der Waals surface area contributed by atoms with Crippen LogP contribution in [0.15, 0.2) is 39.8 Å². The number of aromatic carboxylic acids is 1. The molecule has 2 aromatic rings. The van der Waals surface area contributed by atoms with E-state index in [0.717, 1.165) is 6.07 Å². The third kappa shape index (κ3) is 2.92. The second-order valence-electron chi connectivity index (χ2n) is 3.83. The van der Waals surface area contributed by atoms with Crippen LogP contribution in [0.2, 0.25) is 0 Å². The number of nitrogens with zero attached hydrogens (tertiary/aromatic N) is 1. The zero-order chi connectivity index (χ0) is 14.7. The third-order valence-electron chi connectivity index (χ3n) is 2.49. The highest BCUT2D eigenvalue weighted by atomic mass is 32.2. The summed E-state index contributed by atoms with van der Waals surface area (Å²) in [6, 6.07) is 8.10. The van der Waals surface area contributed by atoms with Crippen molar-refractivity contribution >= 4 is 16.8 Å². The zero-order valence-electron chi connectivity index (χ0n) is 10.00. The Morgan fingerprint density at radius 1 is 1.40 bits per heavy atom. The third-order valence-corrected chi connectivity index (χ3v) is 3.73. The number of halogens is 1. The van der Waals surface area contributed by atoms with Crippen LogP contribution in [0.5, 0.6) is 0 Å². The first-order valence-electron chi connectivity index (χ1n) is 5.41. The summed E-state index contributed by atoms with van der Waals surface area (Å²) in [5, 5.41) is 17.3. The van der Waals surface area contributed by atoms with Gasteiger partial charge in [-0.05, 0) is 24.3 Å². The minimum absolute atomic E-state index is 0.0360. The Labute approximate surface area is 115 Å². The fourth-order valence-corrected chi connectivity index (χ4v) is 2.57. The Balaban J connectivity index is 2.19. The molecule has 0 saturated carbocycles. The van der Waals surface area contributed by atoms with Crippen LogP contribution in [0.4, 0.5) is 4.39 Å². The van der Waals surface area contributed by atoms with Gasteiger partial charge in [0.15, 0.2) is 5.09 Å². The van der Waals surface area contributed by atoms with Gasteiger partial charge in [0.2, 0.25) is 5.76 Å². The molecule has 1 atom stereocenters. The first kappa shape index (κ1) is 14.0. The van der Waals surface area contributed by atoms with Crippen LogP contribution in [-0.4, -0.2) is 15.3 Å². The van der Waals surface area contributed by atoms with Crippen molar-refractivity contribution in [1.29, 1.82) is 5.26 Å². The lowest BCUT2D eigenvalue weighted by molar-refractivity contribution is 0.0656. The van der Waals surface area contributed by atoms with Gasteiger partial charge in [-0.1, -0.05) is 6.07 Å². The van der Waals surface area contributed by atoms with Crippen molar-refractivity contribution in [2.45, 2.75) is 10.8 Å². The smallest absolute Gasteiger partial charge is 0.371 e. The monoisotopic (exact) mass is 293 g/mol. The van der Waals surface area contributed by atoms with Crippen LogP contribution >= 0.6 is 0 Å². The van der Waals surface area contributed by atoms with Crippen LogP contribution in [0.1, 0.15) is 21.7 Å². The molecule has 1 N–H and O–H groups in total. The van der Waals surface area contributed by atoms with E-state index in [1.165, 1.54) is 24.3 Å². The van der Waals surface area contributed by atoms with Crippen LogP contribution in [0, 0.1) is 17.1 Å². The molecule has 1 aromatic carbocycles. The minimum Gasteiger partial charge on any atom is -0.475 e. The maximum atomic E-state index is 13.6. The molecule has 20 heavy (non-hydrogen) atoms. The van der Waals surface area contributed by atoms with Crippen LogP contribution in [-0.2, 0) is 16.6 Å². The molecule has 0 aliphatic rings. The number of carbonyl (C=O) groups is 1. The fourth-order valence-electron chi connectivity index (χ4n) is 1.50. The lowest BCUT2D eigenvalue weighted by Crippen LogP contribution is -1.99. The number of furan rings is 1. The van der Waals surface area contributed by atoms with Crippen molar-refractivity contribution in [3.05, 3.63) is 53.0 Å². The van der Waals surface area contributed by atoms with Gasteiger partial charge in [-0.25, -0.2) is 9.18 Å². The average molecular weight is 293 g/mol. The molecule has 0 fully saturated rings. The van der Waals surface area contributed by atoms with Gasteiger partial charge in [0.25, 0.3) is 0 Å². The Kier molecular flexibility index (Phi) is 3.96. The van der Waals surface area contributed by atoms with Gasteiger partial charge in [-0.3, -0.25) is 4.21 Å². The molecule has 1 aromatic heterocycles. The van der Waals surface area contributed by atoms with Crippen LogP contribution in [0.3, 0.4) is 0 Å². The molecule has 1 unspecified atom stereocenters. The molecule has 1 heterocycles. The lowest BCUT2D eigenvalue weighted by atomic mass is 10.1. The topological polar surface area (TPSA) is 91.3 Å². The number of hydrogen-bond donors (Lipinski definition) is 1. The van der Waals surface area contributed by atoms with Gasteiger partial charge in [0.1, 0.15) is 5.82 Å². The van der Waals surface area contributed by atoms with E-state index in [2.05, 4.69) is 0 Å². The van der Waals surface area contributed by atoms with E-state index >= 15 is 0 Å². The van der Waals surface area contributed by atoms with Gasteiger partial charge < -0.3 is 9.52 Å². The summed E-state index contributed by atoms with van der Waals surface area (Å²) in [7, 11) is -1.70. The molecule has 7 heteroatoms. The predicted octanol–water partition coefficient (Wildman–Crippen LogP) is 2.30. The molecular formula is C13H8FNO4S. The predicted molar refractivity (Wildman–Crippen MR) is 66.9 cm³/mol. The molecule has 102 valence electrons. The van der Waals surface area contributed by atoms with E-state index in [1.54, 1.807) is 6.07 Å². The molecule has 2 rings (SSSR count). The van der Waals surface area contributed by atoms with Gasteiger partial charge in [-0.15, -0.1) is 0 Å². The molecule has 0 aliphatic heterocycles. The quantitative estimate of drug-likeness (QED) is 0.933. The summed E-state index contributed by atoms with van der Waals surface area (Å²) in [5.41, 5.74) is 0.332. The second kappa shape index (κ2) is 5.67. The van der Waals surface area contributed by atoms with Gasteiger partial charge >= 0.3 is 5.97 Å². The van der Waals surface area contributed by atoms with Gasteiger partial charge in [0.05, 0.1) is 28.2 Å². The number of carboxylic acid groups (broad SMARTS) is 1. The Morgan fingerprint density at radius 2 is 2.15 bits per heavy atom. The number of benzene rings is 1. The molecule has 0 radical (unpaired) electrons. The lowest BCUT2D eigenvalue weighted by Gasteiger charge is -2.02.